The molecular weight excluding hydrogens is 421 g/mol. The lowest BCUT2D eigenvalue weighted by atomic mass is 10.0. The van der Waals surface area contributed by atoms with Gasteiger partial charge < -0.3 is 14.2 Å². The predicted octanol–water partition coefficient (Wildman–Crippen LogP) is 6.65. The van der Waals surface area contributed by atoms with Gasteiger partial charge in [0.15, 0.2) is 11.5 Å². The van der Waals surface area contributed by atoms with Crippen molar-refractivity contribution in [1.29, 1.82) is 5.26 Å². The number of hydrogen-bond acceptors (Lipinski definition) is 4. The number of allylic oxidation sites excluding steroid dienone is 1. The zero-order valence-electron chi connectivity index (χ0n) is 16.5. The van der Waals surface area contributed by atoms with Gasteiger partial charge in [0.2, 0.25) is 0 Å². The third-order valence-corrected chi connectivity index (χ3v) is 5.06. The summed E-state index contributed by atoms with van der Waals surface area (Å²) in [5.74, 6) is 1.60. The summed E-state index contributed by atoms with van der Waals surface area (Å²) >= 11 is 12.7. The minimum Gasteiger partial charge on any atom is -0.497 e. The lowest BCUT2D eigenvalue weighted by Crippen LogP contribution is -1.99. The van der Waals surface area contributed by atoms with Gasteiger partial charge in [-0.3, -0.25) is 0 Å². The molecule has 0 radical (unpaired) electrons. The highest BCUT2D eigenvalue weighted by atomic mass is 35.5. The standard InChI is InChI=1S/C24H19Cl2NO3/c1-28-20-9-7-17(8-10-20)19(14-27)11-16-12-22(26)24(23(13-16)29-2)30-15-18-5-3-4-6-21(18)25/h3-13H,15H2,1-2H3/b19-11+. The number of rotatable bonds is 7. The van der Waals surface area contributed by atoms with E-state index in [0.717, 1.165) is 16.9 Å². The summed E-state index contributed by atoms with van der Waals surface area (Å²) in [6.07, 6.45) is 1.74. The zero-order chi connectivity index (χ0) is 21.5. The molecule has 0 bridgehead atoms. The molecule has 30 heavy (non-hydrogen) atoms. The molecule has 0 atom stereocenters. The quantitative estimate of drug-likeness (QED) is 0.305. The van der Waals surface area contributed by atoms with Crippen LogP contribution >= 0.6 is 23.2 Å². The van der Waals surface area contributed by atoms with Gasteiger partial charge in [-0.15, -0.1) is 0 Å². The second kappa shape index (κ2) is 10.1. The van der Waals surface area contributed by atoms with Crippen molar-refractivity contribution < 1.29 is 14.2 Å². The van der Waals surface area contributed by atoms with Crippen LogP contribution in [0.4, 0.5) is 0 Å². The number of ether oxygens (including phenoxy) is 3. The summed E-state index contributed by atoms with van der Waals surface area (Å²) in [6, 6.07) is 20.4. The Hall–Kier alpha value is -3.13. The van der Waals surface area contributed by atoms with Gasteiger partial charge in [-0.2, -0.15) is 5.26 Å². The maximum Gasteiger partial charge on any atom is 0.180 e. The highest BCUT2D eigenvalue weighted by Crippen LogP contribution is 2.38. The number of halogens is 2. The molecule has 3 aromatic rings. The zero-order valence-corrected chi connectivity index (χ0v) is 18.0. The van der Waals surface area contributed by atoms with E-state index in [1.54, 1.807) is 43.5 Å². The second-order valence-electron chi connectivity index (χ2n) is 6.31. The van der Waals surface area contributed by atoms with Gasteiger partial charge in [0.1, 0.15) is 12.4 Å². The van der Waals surface area contributed by atoms with Crippen molar-refractivity contribution in [3.63, 3.8) is 0 Å². The van der Waals surface area contributed by atoms with Gasteiger partial charge in [-0.1, -0.05) is 41.4 Å². The molecule has 152 valence electrons. The van der Waals surface area contributed by atoms with E-state index in [-0.39, 0.29) is 6.61 Å². The van der Waals surface area contributed by atoms with Crippen molar-refractivity contribution in [3.05, 3.63) is 87.4 Å². The smallest absolute Gasteiger partial charge is 0.180 e. The van der Waals surface area contributed by atoms with Gasteiger partial charge in [0.25, 0.3) is 0 Å². The maximum atomic E-state index is 9.60. The van der Waals surface area contributed by atoms with Crippen LogP contribution in [0.5, 0.6) is 17.2 Å². The summed E-state index contributed by atoms with van der Waals surface area (Å²) < 4.78 is 16.5. The van der Waals surface area contributed by atoms with Crippen LogP contribution in [0.15, 0.2) is 60.7 Å². The Morgan fingerprint density at radius 2 is 1.70 bits per heavy atom. The normalized spacial score (nSPS) is 11.0. The fourth-order valence-corrected chi connectivity index (χ4v) is 3.31. The van der Waals surface area contributed by atoms with Crippen molar-refractivity contribution in [1.82, 2.24) is 0 Å². The Morgan fingerprint density at radius 3 is 2.33 bits per heavy atom. The number of methoxy groups -OCH3 is 2. The lowest BCUT2D eigenvalue weighted by molar-refractivity contribution is 0.285. The molecule has 0 aromatic heterocycles. The van der Waals surface area contributed by atoms with E-state index in [2.05, 4.69) is 6.07 Å². The van der Waals surface area contributed by atoms with Gasteiger partial charge in [-0.05, 0) is 59.7 Å². The summed E-state index contributed by atoms with van der Waals surface area (Å²) in [4.78, 5) is 0. The first-order valence-electron chi connectivity index (χ1n) is 9.05. The Morgan fingerprint density at radius 1 is 0.967 bits per heavy atom. The average molecular weight is 440 g/mol. The predicted molar refractivity (Wildman–Crippen MR) is 120 cm³/mol. The van der Waals surface area contributed by atoms with Crippen molar-refractivity contribution >= 4 is 34.9 Å². The Labute approximate surface area is 185 Å². The second-order valence-corrected chi connectivity index (χ2v) is 7.13. The lowest BCUT2D eigenvalue weighted by Gasteiger charge is -2.14. The van der Waals surface area contributed by atoms with Crippen molar-refractivity contribution in [2.75, 3.05) is 14.2 Å². The van der Waals surface area contributed by atoms with Gasteiger partial charge in [-0.25, -0.2) is 0 Å². The molecule has 0 fully saturated rings. The number of nitrogens with zero attached hydrogens (tertiary/aromatic N) is 1. The van der Waals surface area contributed by atoms with E-state index in [4.69, 9.17) is 37.4 Å². The molecule has 0 aliphatic carbocycles. The minimum atomic E-state index is 0.250. The molecule has 3 aromatic carbocycles. The third-order valence-electron chi connectivity index (χ3n) is 4.41. The van der Waals surface area contributed by atoms with E-state index in [9.17, 15) is 5.26 Å². The highest BCUT2D eigenvalue weighted by Gasteiger charge is 2.13. The van der Waals surface area contributed by atoms with E-state index in [1.807, 2.05) is 30.3 Å². The number of hydrogen-bond donors (Lipinski definition) is 0. The summed E-state index contributed by atoms with van der Waals surface area (Å²) in [6.45, 7) is 0.250. The number of nitriles is 1. The highest BCUT2D eigenvalue weighted by molar-refractivity contribution is 6.32. The molecule has 0 amide bonds. The Balaban J connectivity index is 1.89. The largest absolute Gasteiger partial charge is 0.497 e. The molecule has 6 heteroatoms. The third kappa shape index (κ3) is 5.07. The Bertz CT molecular complexity index is 1100. The maximum absolute atomic E-state index is 9.60. The van der Waals surface area contributed by atoms with E-state index < -0.39 is 0 Å². The van der Waals surface area contributed by atoms with Crippen LogP contribution in [0.3, 0.4) is 0 Å². The van der Waals surface area contributed by atoms with Gasteiger partial charge in [0, 0.05) is 10.6 Å². The molecule has 0 aliphatic heterocycles. The first-order valence-corrected chi connectivity index (χ1v) is 9.81. The number of benzene rings is 3. The van der Waals surface area contributed by atoms with Crippen molar-refractivity contribution in [2.45, 2.75) is 6.61 Å². The molecule has 0 saturated carbocycles. The van der Waals surface area contributed by atoms with Crippen LogP contribution in [0.2, 0.25) is 10.0 Å². The first kappa shape index (κ1) is 21.6. The molecule has 3 rings (SSSR count). The SMILES string of the molecule is COc1ccc(/C(C#N)=C/c2cc(Cl)c(OCc3ccccc3Cl)c(OC)c2)cc1. The molecule has 0 spiro atoms. The van der Waals surface area contributed by atoms with Crippen molar-refractivity contribution in [2.24, 2.45) is 0 Å². The molecule has 0 heterocycles. The van der Waals surface area contributed by atoms with Crippen molar-refractivity contribution in [3.8, 4) is 23.3 Å². The summed E-state index contributed by atoms with van der Waals surface area (Å²) in [7, 11) is 3.13. The molecule has 0 unspecified atom stereocenters. The van der Waals surface area contributed by atoms with Crippen LogP contribution in [0.25, 0.3) is 11.6 Å². The molecule has 0 saturated heterocycles. The first-order chi connectivity index (χ1) is 14.5. The van der Waals surface area contributed by atoms with Crippen LogP contribution in [-0.4, -0.2) is 14.2 Å². The fourth-order valence-electron chi connectivity index (χ4n) is 2.85. The van der Waals surface area contributed by atoms with Gasteiger partial charge in [0.05, 0.1) is 30.9 Å². The van der Waals surface area contributed by atoms with Crippen LogP contribution in [0.1, 0.15) is 16.7 Å². The summed E-state index contributed by atoms with van der Waals surface area (Å²) in [5.41, 5.74) is 2.81. The Kier molecular flexibility index (Phi) is 7.24. The van der Waals surface area contributed by atoms with Crippen LogP contribution in [0, 0.1) is 11.3 Å². The summed E-state index contributed by atoms with van der Waals surface area (Å²) in [5, 5.41) is 10.6. The molecular formula is C24H19Cl2NO3. The van der Waals surface area contributed by atoms with Crippen LogP contribution < -0.4 is 14.2 Å². The van der Waals surface area contributed by atoms with Gasteiger partial charge >= 0.3 is 0 Å². The molecule has 0 aliphatic rings. The molecule has 0 N–H and O–H groups in total. The van der Waals surface area contributed by atoms with E-state index in [1.165, 1.54) is 7.11 Å². The van der Waals surface area contributed by atoms with Crippen LogP contribution in [-0.2, 0) is 6.61 Å². The average Bonchev–Trinajstić information content (AvgIpc) is 2.77. The molecule has 4 nitrogen and oxygen atoms in total. The monoisotopic (exact) mass is 439 g/mol. The topological polar surface area (TPSA) is 51.5 Å². The van der Waals surface area contributed by atoms with E-state index in [0.29, 0.717) is 32.7 Å². The fraction of sp³-hybridized carbons (Fsp3) is 0.125. The minimum absolute atomic E-state index is 0.250. The van der Waals surface area contributed by atoms with E-state index >= 15 is 0 Å².